The maximum Gasteiger partial charge on any atom is 0.0960 e. The van der Waals surface area contributed by atoms with Crippen molar-refractivity contribution < 1.29 is 0 Å². The zero-order valence-corrected chi connectivity index (χ0v) is 12.5. The topological polar surface area (TPSA) is 29.9 Å². The van der Waals surface area contributed by atoms with E-state index in [-0.39, 0.29) is 5.54 Å². The van der Waals surface area contributed by atoms with E-state index in [1.54, 1.807) is 0 Å². The standard InChI is InChI=1S/C16H25N3/c1-13(8-7-11-18-16(2,3)4)19-12-17-14-9-5-6-10-15(14)19/h5-6,9-10,12-13,18H,7-8,11H2,1-4H3. The minimum Gasteiger partial charge on any atom is -0.328 e. The first-order chi connectivity index (χ1) is 8.97. The van der Waals surface area contributed by atoms with E-state index in [9.17, 15) is 0 Å². The second-order valence-electron chi connectivity index (χ2n) is 6.31. The summed E-state index contributed by atoms with van der Waals surface area (Å²) < 4.78 is 2.28. The highest BCUT2D eigenvalue weighted by atomic mass is 15.1. The molecule has 0 aliphatic heterocycles. The van der Waals surface area contributed by atoms with Crippen molar-refractivity contribution in [3.05, 3.63) is 30.6 Å². The lowest BCUT2D eigenvalue weighted by molar-refractivity contribution is 0.401. The molecule has 1 unspecified atom stereocenters. The highest BCUT2D eigenvalue weighted by Crippen LogP contribution is 2.20. The fourth-order valence-electron chi connectivity index (χ4n) is 2.33. The van der Waals surface area contributed by atoms with Crippen LogP contribution in [0.1, 0.15) is 46.6 Å². The molecule has 3 heteroatoms. The molecule has 104 valence electrons. The Kier molecular flexibility index (Phi) is 4.25. The number of nitrogens with zero attached hydrogens (tertiary/aromatic N) is 2. The van der Waals surface area contributed by atoms with Crippen molar-refractivity contribution in [2.45, 2.75) is 52.1 Å². The van der Waals surface area contributed by atoms with Crippen LogP contribution in [0.15, 0.2) is 30.6 Å². The summed E-state index contributed by atoms with van der Waals surface area (Å²) in [5, 5.41) is 3.53. The summed E-state index contributed by atoms with van der Waals surface area (Å²) in [6.45, 7) is 9.96. The highest BCUT2D eigenvalue weighted by Gasteiger charge is 2.10. The number of rotatable bonds is 5. The number of para-hydroxylation sites is 2. The quantitative estimate of drug-likeness (QED) is 0.828. The summed E-state index contributed by atoms with van der Waals surface area (Å²) >= 11 is 0. The maximum atomic E-state index is 4.45. The Morgan fingerprint density at radius 3 is 2.74 bits per heavy atom. The van der Waals surface area contributed by atoms with Gasteiger partial charge in [-0.3, -0.25) is 0 Å². The van der Waals surface area contributed by atoms with Crippen molar-refractivity contribution in [1.29, 1.82) is 0 Å². The molecule has 1 atom stereocenters. The molecule has 1 aromatic carbocycles. The minimum atomic E-state index is 0.213. The first kappa shape index (κ1) is 14.1. The van der Waals surface area contributed by atoms with Crippen molar-refractivity contribution in [3.63, 3.8) is 0 Å². The van der Waals surface area contributed by atoms with Crippen molar-refractivity contribution in [2.75, 3.05) is 6.54 Å². The predicted octanol–water partition coefficient (Wildman–Crippen LogP) is 3.77. The Morgan fingerprint density at radius 2 is 2.00 bits per heavy atom. The number of fused-ring (bicyclic) bond motifs is 1. The van der Waals surface area contributed by atoms with Crippen molar-refractivity contribution >= 4 is 11.0 Å². The maximum absolute atomic E-state index is 4.45. The van der Waals surface area contributed by atoms with E-state index in [2.05, 4.69) is 60.8 Å². The van der Waals surface area contributed by atoms with E-state index in [1.807, 2.05) is 12.4 Å². The SMILES string of the molecule is CC(CCCNC(C)(C)C)n1cnc2ccccc21. The fourth-order valence-corrected chi connectivity index (χ4v) is 2.33. The van der Waals surface area contributed by atoms with Crippen molar-refractivity contribution in [1.82, 2.24) is 14.9 Å². The molecule has 0 spiro atoms. The molecule has 0 aliphatic rings. The molecular formula is C16H25N3. The third-order valence-corrected chi connectivity index (χ3v) is 3.41. The average Bonchev–Trinajstić information content (AvgIpc) is 2.77. The number of hydrogen-bond acceptors (Lipinski definition) is 2. The van der Waals surface area contributed by atoms with Crippen LogP contribution in [0.5, 0.6) is 0 Å². The third kappa shape index (κ3) is 3.80. The molecule has 0 amide bonds. The Balaban J connectivity index is 1.91. The Morgan fingerprint density at radius 1 is 1.26 bits per heavy atom. The van der Waals surface area contributed by atoms with E-state index in [4.69, 9.17) is 0 Å². The lowest BCUT2D eigenvalue weighted by Gasteiger charge is -2.21. The number of nitrogens with one attached hydrogen (secondary N) is 1. The summed E-state index contributed by atoms with van der Waals surface area (Å²) in [4.78, 5) is 4.45. The van der Waals surface area contributed by atoms with Gasteiger partial charge in [-0.1, -0.05) is 12.1 Å². The van der Waals surface area contributed by atoms with Crippen LogP contribution in [0.2, 0.25) is 0 Å². The average molecular weight is 259 g/mol. The van der Waals surface area contributed by atoms with Crippen LogP contribution in [0.4, 0.5) is 0 Å². The van der Waals surface area contributed by atoms with Gasteiger partial charge >= 0.3 is 0 Å². The van der Waals surface area contributed by atoms with Gasteiger partial charge in [0.1, 0.15) is 0 Å². The van der Waals surface area contributed by atoms with Gasteiger partial charge in [0.15, 0.2) is 0 Å². The predicted molar refractivity (Wildman–Crippen MR) is 81.4 cm³/mol. The van der Waals surface area contributed by atoms with E-state index in [0.717, 1.165) is 12.1 Å². The molecule has 0 saturated heterocycles. The molecule has 1 aromatic heterocycles. The number of hydrogen-bond donors (Lipinski definition) is 1. The monoisotopic (exact) mass is 259 g/mol. The zero-order chi connectivity index (χ0) is 13.9. The third-order valence-electron chi connectivity index (χ3n) is 3.41. The van der Waals surface area contributed by atoms with Crippen LogP contribution in [-0.4, -0.2) is 21.6 Å². The summed E-state index contributed by atoms with van der Waals surface area (Å²) in [5.74, 6) is 0. The van der Waals surface area contributed by atoms with Gasteiger partial charge in [-0.05, 0) is 59.2 Å². The summed E-state index contributed by atoms with van der Waals surface area (Å²) in [6.07, 6.45) is 4.32. The molecule has 1 N–H and O–H groups in total. The number of imidazole rings is 1. The Labute approximate surface area is 116 Å². The van der Waals surface area contributed by atoms with Gasteiger partial charge in [-0.15, -0.1) is 0 Å². The first-order valence-electron chi connectivity index (χ1n) is 7.14. The van der Waals surface area contributed by atoms with E-state index in [1.165, 1.54) is 18.4 Å². The zero-order valence-electron chi connectivity index (χ0n) is 12.5. The first-order valence-corrected chi connectivity index (χ1v) is 7.14. The molecule has 3 nitrogen and oxygen atoms in total. The van der Waals surface area contributed by atoms with E-state index < -0.39 is 0 Å². The molecule has 0 fully saturated rings. The van der Waals surface area contributed by atoms with Gasteiger partial charge in [0, 0.05) is 11.6 Å². The van der Waals surface area contributed by atoms with Crippen molar-refractivity contribution in [3.8, 4) is 0 Å². The largest absolute Gasteiger partial charge is 0.328 e. The molecule has 0 saturated carbocycles. The summed E-state index contributed by atoms with van der Waals surface area (Å²) in [6, 6.07) is 8.83. The summed E-state index contributed by atoms with van der Waals surface area (Å²) in [7, 11) is 0. The smallest absolute Gasteiger partial charge is 0.0960 e. The highest BCUT2D eigenvalue weighted by molar-refractivity contribution is 5.75. The van der Waals surface area contributed by atoms with Gasteiger partial charge in [-0.25, -0.2) is 4.98 Å². The molecule has 2 aromatic rings. The fraction of sp³-hybridized carbons (Fsp3) is 0.562. The second kappa shape index (κ2) is 5.74. The van der Waals surface area contributed by atoms with E-state index >= 15 is 0 Å². The van der Waals surface area contributed by atoms with Crippen LogP contribution in [0.25, 0.3) is 11.0 Å². The lowest BCUT2D eigenvalue weighted by atomic mass is 10.1. The van der Waals surface area contributed by atoms with Gasteiger partial charge in [0.2, 0.25) is 0 Å². The van der Waals surface area contributed by atoms with Crippen molar-refractivity contribution in [2.24, 2.45) is 0 Å². The van der Waals surface area contributed by atoms with Crippen LogP contribution >= 0.6 is 0 Å². The second-order valence-corrected chi connectivity index (χ2v) is 6.31. The molecule has 0 aliphatic carbocycles. The number of benzene rings is 1. The van der Waals surface area contributed by atoms with Gasteiger partial charge in [0.05, 0.1) is 17.4 Å². The number of aromatic nitrogens is 2. The molecule has 19 heavy (non-hydrogen) atoms. The van der Waals surface area contributed by atoms with Gasteiger partial charge < -0.3 is 9.88 Å². The lowest BCUT2D eigenvalue weighted by Crippen LogP contribution is -2.36. The van der Waals surface area contributed by atoms with Crippen LogP contribution in [0.3, 0.4) is 0 Å². The van der Waals surface area contributed by atoms with Gasteiger partial charge in [0.25, 0.3) is 0 Å². The molecular weight excluding hydrogens is 234 g/mol. The summed E-state index contributed by atoms with van der Waals surface area (Å²) in [5.41, 5.74) is 2.53. The Hall–Kier alpha value is -1.35. The molecule has 0 radical (unpaired) electrons. The van der Waals surface area contributed by atoms with Crippen LogP contribution in [0, 0.1) is 0 Å². The molecule has 1 heterocycles. The van der Waals surface area contributed by atoms with Crippen LogP contribution < -0.4 is 5.32 Å². The van der Waals surface area contributed by atoms with Gasteiger partial charge in [-0.2, -0.15) is 0 Å². The minimum absolute atomic E-state index is 0.213. The molecule has 2 rings (SSSR count). The van der Waals surface area contributed by atoms with E-state index in [0.29, 0.717) is 6.04 Å². The molecule has 0 bridgehead atoms. The normalized spacial score (nSPS) is 13.9. The van der Waals surface area contributed by atoms with Crippen LogP contribution in [-0.2, 0) is 0 Å². The Bertz CT molecular complexity index is 522.